The van der Waals surface area contributed by atoms with Gasteiger partial charge in [-0.05, 0) is 19.3 Å². The molecule has 0 amide bonds. The molecule has 0 aromatic rings. The summed E-state index contributed by atoms with van der Waals surface area (Å²) < 4.78 is 4.78. The van der Waals surface area contributed by atoms with Gasteiger partial charge in [-0.1, -0.05) is 26.2 Å². The summed E-state index contributed by atoms with van der Waals surface area (Å²) in [6, 6.07) is 0. The minimum absolute atomic E-state index is 0.0801. The molecular weight excluding hydrogens is 204 g/mol. The zero-order valence-electron chi connectivity index (χ0n) is 10.1. The number of carbonyl (C=O) groups is 1. The lowest BCUT2D eigenvalue weighted by Gasteiger charge is -2.16. The lowest BCUT2D eigenvalue weighted by Crippen LogP contribution is -2.21. The first-order chi connectivity index (χ1) is 7.74. The van der Waals surface area contributed by atoms with E-state index in [1.807, 2.05) is 5.94 Å². The molecule has 3 heteroatoms. The highest BCUT2D eigenvalue weighted by molar-refractivity contribution is 5.75. The Bertz CT molecular complexity index is 290. The van der Waals surface area contributed by atoms with Crippen LogP contribution >= 0.6 is 0 Å². The number of allylic oxidation sites excluding steroid dienone is 1. The predicted octanol–water partition coefficient (Wildman–Crippen LogP) is 2.52. The third kappa shape index (κ3) is 2.96. The van der Waals surface area contributed by atoms with Gasteiger partial charge >= 0.3 is 5.97 Å². The third-order valence-corrected chi connectivity index (χ3v) is 3.41. The van der Waals surface area contributed by atoms with Gasteiger partial charge in [-0.2, -0.15) is 0 Å². The molecular formula is C13H20O3. The molecule has 0 bridgehead atoms. The predicted molar refractivity (Wildman–Crippen MR) is 61.6 cm³/mol. The van der Waals surface area contributed by atoms with Gasteiger partial charge in [0, 0.05) is 11.5 Å². The second-order valence-corrected chi connectivity index (χ2v) is 4.40. The number of rotatable bonds is 5. The van der Waals surface area contributed by atoms with Gasteiger partial charge in [0.15, 0.2) is 0 Å². The molecule has 0 N–H and O–H groups in total. The molecule has 1 saturated carbocycles. The van der Waals surface area contributed by atoms with E-state index in [1.165, 1.54) is 7.11 Å². The Morgan fingerprint density at radius 1 is 1.50 bits per heavy atom. The molecule has 2 unspecified atom stereocenters. The van der Waals surface area contributed by atoms with E-state index in [2.05, 4.69) is 6.92 Å². The lowest BCUT2D eigenvalue weighted by molar-refractivity contribution is -0.146. The summed E-state index contributed by atoms with van der Waals surface area (Å²) in [4.78, 5) is 22.3. The highest BCUT2D eigenvalue weighted by Gasteiger charge is 2.37. The summed E-state index contributed by atoms with van der Waals surface area (Å²) in [7, 11) is 1.41. The van der Waals surface area contributed by atoms with Crippen molar-refractivity contribution in [2.45, 2.75) is 45.4 Å². The maximum absolute atomic E-state index is 11.6. The molecule has 3 nitrogen and oxygen atoms in total. The van der Waals surface area contributed by atoms with Gasteiger partial charge in [0.05, 0.1) is 13.0 Å². The molecule has 0 aromatic heterocycles. The van der Waals surface area contributed by atoms with Crippen molar-refractivity contribution < 1.29 is 14.3 Å². The number of ether oxygens (including phenoxy) is 1. The van der Waals surface area contributed by atoms with Crippen LogP contribution in [0.25, 0.3) is 0 Å². The largest absolute Gasteiger partial charge is 0.469 e. The first kappa shape index (κ1) is 13.0. The summed E-state index contributed by atoms with van der Waals surface area (Å²) in [5.74, 6) is 1.80. The van der Waals surface area contributed by atoms with Crippen LogP contribution in [0.3, 0.4) is 0 Å². The number of methoxy groups -OCH3 is 1. The molecule has 16 heavy (non-hydrogen) atoms. The molecule has 90 valence electrons. The van der Waals surface area contributed by atoms with Gasteiger partial charge in [-0.15, -0.1) is 0 Å². The molecule has 0 aliphatic heterocycles. The number of hydrogen-bond donors (Lipinski definition) is 0. The van der Waals surface area contributed by atoms with Crippen LogP contribution in [0, 0.1) is 11.8 Å². The molecule has 1 aliphatic carbocycles. The van der Waals surface area contributed by atoms with Crippen LogP contribution in [-0.4, -0.2) is 19.0 Å². The average molecular weight is 224 g/mol. The van der Waals surface area contributed by atoms with Crippen LogP contribution in [0.15, 0.2) is 5.57 Å². The fourth-order valence-corrected chi connectivity index (χ4v) is 2.49. The van der Waals surface area contributed by atoms with Crippen molar-refractivity contribution in [1.29, 1.82) is 0 Å². The van der Waals surface area contributed by atoms with E-state index in [-0.39, 0.29) is 17.8 Å². The quantitative estimate of drug-likeness (QED) is 0.409. The van der Waals surface area contributed by atoms with Crippen LogP contribution in [0.5, 0.6) is 0 Å². The van der Waals surface area contributed by atoms with Crippen LogP contribution < -0.4 is 0 Å². The first-order valence-electron chi connectivity index (χ1n) is 6.06. The highest BCUT2D eigenvalue weighted by Crippen LogP contribution is 2.39. The number of hydrogen-bond acceptors (Lipinski definition) is 3. The normalized spacial score (nSPS) is 24.2. The summed E-state index contributed by atoms with van der Waals surface area (Å²) in [6.45, 7) is 2.14. The smallest absolute Gasteiger partial charge is 0.309 e. The minimum Gasteiger partial charge on any atom is -0.469 e. The maximum Gasteiger partial charge on any atom is 0.309 e. The Morgan fingerprint density at radius 2 is 2.25 bits per heavy atom. The molecule has 0 heterocycles. The van der Waals surface area contributed by atoms with E-state index in [0.29, 0.717) is 6.42 Å². The Labute approximate surface area is 96.9 Å². The van der Waals surface area contributed by atoms with E-state index < -0.39 is 0 Å². The first-order valence-corrected chi connectivity index (χ1v) is 6.06. The van der Waals surface area contributed by atoms with E-state index in [1.54, 1.807) is 0 Å². The Hall–Kier alpha value is -1.08. The van der Waals surface area contributed by atoms with E-state index in [9.17, 15) is 9.59 Å². The Kier molecular flexibility index (Phi) is 5.27. The fraction of sp³-hybridized carbons (Fsp3) is 0.769. The van der Waals surface area contributed by atoms with Crippen molar-refractivity contribution in [3.8, 4) is 0 Å². The summed E-state index contributed by atoms with van der Waals surface area (Å²) >= 11 is 0. The highest BCUT2D eigenvalue weighted by atomic mass is 16.5. The summed E-state index contributed by atoms with van der Waals surface area (Å²) in [5, 5.41) is 0. The number of esters is 1. The monoisotopic (exact) mass is 224 g/mol. The molecule has 2 atom stereocenters. The molecule has 0 spiro atoms. The Morgan fingerprint density at radius 3 is 2.81 bits per heavy atom. The van der Waals surface area contributed by atoms with Crippen molar-refractivity contribution in [2.75, 3.05) is 7.11 Å². The third-order valence-electron chi connectivity index (χ3n) is 3.41. The summed E-state index contributed by atoms with van der Waals surface area (Å²) in [5.41, 5.74) is 0.784. The van der Waals surface area contributed by atoms with Crippen LogP contribution in [-0.2, 0) is 14.3 Å². The zero-order valence-corrected chi connectivity index (χ0v) is 10.1. The van der Waals surface area contributed by atoms with E-state index in [0.717, 1.165) is 37.7 Å². The second kappa shape index (κ2) is 6.49. The molecule has 0 radical (unpaired) electrons. The van der Waals surface area contributed by atoms with Crippen molar-refractivity contribution in [3.05, 3.63) is 5.57 Å². The maximum atomic E-state index is 11.6. The van der Waals surface area contributed by atoms with Gasteiger partial charge < -0.3 is 4.74 Å². The SMILES string of the molecule is CCCCCC1C(=C=O)CCC1C(=O)OC. The molecule has 0 aromatic carbocycles. The average Bonchev–Trinajstić information content (AvgIpc) is 2.71. The van der Waals surface area contributed by atoms with Gasteiger partial charge in [0.25, 0.3) is 0 Å². The van der Waals surface area contributed by atoms with E-state index in [4.69, 9.17) is 4.74 Å². The van der Waals surface area contributed by atoms with Crippen molar-refractivity contribution in [2.24, 2.45) is 11.8 Å². The number of carbonyl (C=O) groups excluding carboxylic acids is 2. The fourth-order valence-electron chi connectivity index (χ4n) is 2.49. The van der Waals surface area contributed by atoms with Gasteiger partial charge in [-0.25, -0.2) is 4.79 Å². The van der Waals surface area contributed by atoms with Crippen LogP contribution in [0.4, 0.5) is 0 Å². The lowest BCUT2D eigenvalue weighted by atomic mass is 9.89. The van der Waals surface area contributed by atoms with Crippen LogP contribution in [0.2, 0.25) is 0 Å². The number of unbranched alkanes of at least 4 members (excludes halogenated alkanes) is 2. The standard InChI is InChI=1S/C13H20O3/c1-3-4-5-6-11-10(9-14)7-8-12(11)13(15)16-2/h11-12H,3-8H2,1-2H3. The van der Waals surface area contributed by atoms with Crippen molar-refractivity contribution in [1.82, 2.24) is 0 Å². The topological polar surface area (TPSA) is 43.4 Å². The summed E-state index contributed by atoms with van der Waals surface area (Å²) in [6.07, 6.45) is 5.73. The minimum atomic E-state index is -0.174. The van der Waals surface area contributed by atoms with Gasteiger partial charge in [0.2, 0.25) is 0 Å². The van der Waals surface area contributed by atoms with Crippen LogP contribution in [0.1, 0.15) is 45.4 Å². The second-order valence-electron chi connectivity index (χ2n) is 4.40. The van der Waals surface area contributed by atoms with Gasteiger partial charge in [0.1, 0.15) is 5.94 Å². The Balaban J connectivity index is 2.63. The van der Waals surface area contributed by atoms with Gasteiger partial charge in [-0.3, -0.25) is 4.79 Å². The molecule has 0 saturated heterocycles. The van der Waals surface area contributed by atoms with E-state index >= 15 is 0 Å². The molecule has 1 rings (SSSR count). The molecule has 1 fully saturated rings. The molecule has 1 aliphatic rings. The van der Waals surface area contributed by atoms with Crippen molar-refractivity contribution >= 4 is 11.9 Å². The zero-order chi connectivity index (χ0) is 12.0. The van der Waals surface area contributed by atoms with Crippen molar-refractivity contribution in [3.63, 3.8) is 0 Å².